The normalized spacial score (nSPS) is 15.9. The van der Waals surface area contributed by atoms with Gasteiger partial charge in [0.2, 0.25) is 21.6 Å². The molecule has 20 heteroatoms. The van der Waals surface area contributed by atoms with Gasteiger partial charge < -0.3 is 10.2 Å². The van der Waals surface area contributed by atoms with Crippen molar-refractivity contribution in [2.24, 2.45) is 0 Å². The third-order valence-corrected chi connectivity index (χ3v) is 19.4. The van der Waals surface area contributed by atoms with Crippen molar-refractivity contribution in [1.29, 1.82) is 0 Å². The van der Waals surface area contributed by atoms with Crippen LogP contribution in [0, 0.1) is 6.92 Å². The van der Waals surface area contributed by atoms with Crippen molar-refractivity contribution in [3.8, 4) is 0 Å². The zero-order valence-corrected chi connectivity index (χ0v) is 49.0. The number of carbonyl (C=O) groups excluding carboxylic acids is 1. The first-order chi connectivity index (χ1) is 38.0. The van der Waals surface area contributed by atoms with Gasteiger partial charge in [-0.25, -0.2) is 18.0 Å². The molecule has 2 aliphatic heterocycles. The fraction of sp³-hybridized carbons (Fsp3) is 0.333. The van der Waals surface area contributed by atoms with E-state index in [4.69, 9.17) is 5.26 Å². The minimum Gasteiger partial charge on any atom is -0.356 e. The minimum atomic E-state index is -4.51. The molecule has 0 bridgehead atoms. The molecule has 0 saturated carbocycles. The Kier molecular flexibility index (Phi) is 18.8. The Balaban J connectivity index is 1.03. The number of aryl methyl sites for hydroxylation is 1. The van der Waals surface area contributed by atoms with E-state index in [2.05, 4.69) is 57.4 Å². The molecule has 8 rings (SSSR count). The number of nitrogens with zero attached hydrogens (tertiary/aromatic N) is 3. The van der Waals surface area contributed by atoms with Crippen molar-refractivity contribution in [1.82, 2.24) is 9.62 Å². The molecule has 80 heavy (non-hydrogen) atoms. The largest absolute Gasteiger partial charge is 0.356 e. The van der Waals surface area contributed by atoms with Crippen LogP contribution in [0.1, 0.15) is 93.5 Å². The lowest BCUT2D eigenvalue weighted by Crippen LogP contribution is -2.30. The lowest BCUT2D eigenvalue weighted by molar-refractivity contribution is -0.438. The highest BCUT2D eigenvalue weighted by atomic mass is 32.2. The van der Waals surface area contributed by atoms with Crippen molar-refractivity contribution in [3.63, 3.8) is 0 Å². The summed E-state index contributed by atoms with van der Waals surface area (Å²) in [5, 5.41) is 18.3. The quantitative estimate of drug-likeness (QED) is 0.00797. The van der Waals surface area contributed by atoms with Gasteiger partial charge in [0.05, 0.1) is 21.0 Å². The van der Waals surface area contributed by atoms with Gasteiger partial charge in [-0.15, -0.1) is 4.33 Å². The van der Waals surface area contributed by atoms with Crippen molar-refractivity contribution in [2.45, 2.75) is 93.3 Å². The molecule has 0 fully saturated rings. The molecule has 0 unspecified atom stereocenters. The van der Waals surface area contributed by atoms with Crippen LogP contribution in [0.2, 0.25) is 0 Å². The molecule has 0 radical (unpaired) electrons. The number of nitrogens with one attached hydrogen (secondary N) is 1. The molecule has 0 spiro atoms. The Labute approximate surface area is 474 Å². The number of rotatable bonds is 25. The van der Waals surface area contributed by atoms with Gasteiger partial charge in [-0.1, -0.05) is 116 Å². The van der Waals surface area contributed by atoms with E-state index in [0.29, 0.717) is 59.8 Å². The number of amides is 1. The van der Waals surface area contributed by atoms with Crippen LogP contribution in [0.3, 0.4) is 0 Å². The van der Waals surface area contributed by atoms with Gasteiger partial charge in [0, 0.05) is 103 Å². The lowest BCUT2D eigenvalue weighted by atomic mass is 9.78. The summed E-state index contributed by atoms with van der Waals surface area (Å²) in [6.07, 6.45) is 11.5. The van der Waals surface area contributed by atoms with Gasteiger partial charge in [0.1, 0.15) is 6.54 Å². The lowest BCUT2D eigenvalue weighted by Gasteiger charge is -2.27. The predicted molar refractivity (Wildman–Crippen MR) is 316 cm³/mol. The van der Waals surface area contributed by atoms with Gasteiger partial charge in [-0.05, 0) is 115 Å². The average Bonchev–Trinajstić information content (AvgIpc) is 4.02. The van der Waals surface area contributed by atoms with Gasteiger partial charge >= 0.3 is 0 Å². The van der Waals surface area contributed by atoms with Gasteiger partial charge in [0.15, 0.2) is 5.71 Å². The van der Waals surface area contributed by atoms with Crippen molar-refractivity contribution >= 4 is 86.8 Å². The fourth-order valence-electron chi connectivity index (χ4n) is 11.5. The Bertz CT molecular complexity index is 3710. The zero-order valence-electron chi connectivity index (χ0n) is 45.7. The SMILES string of the molecule is Cc1cc(S(=O)(=O)O)cc2c3c(ccc12)[N+](CCCSOOO)=C(C=CC=CC=C1N(CCCS(=O)(=O)O)c2ccc4c(S(=O)(=O)N(C)CCCC(=O)NCCC(c5ccccc5)c5ccccc5)cccc4c2C1(C)C)C3(C)C. The second-order valence-corrected chi connectivity index (χ2v) is 27.0. The number of benzene rings is 6. The van der Waals surface area contributed by atoms with Gasteiger partial charge in [-0.2, -0.15) is 21.4 Å². The number of anilines is 1. The average molecular weight is 1170 g/mol. The van der Waals surface area contributed by atoms with Crippen LogP contribution in [-0.4, -0.2) is 105 Å². The maximum absolute atomic E-state index is 14.5. The van der Waals surface area contributed by atoms with Gasteiger partial charge in [-0.3, -0.25) is 13.9 Å². The monoisotopic (exact) mass is 1170 g/mol. The molecular formula is C60H69N4O12S4+. The minimum absolute atomic E-state index is 0.105. The van der Waals surface area contributed by atoms with E-state index in [9.17, 15) is 39.2 Å². The summed E-state index contributed by atoms with van der Waals surface area (Å²) in [6.45, 7) is 11.3. The van der Waals surface area contributed by atoms with E-state index < -0.39 is 46.8 Å². The van der Waals surface area contributed by atoms with E-state index in [1.54, 1.807) is 25.1 Å². The van der Waals surface area contributed by atoms with Crippen molar-refractivity contribution < 1.29 is 58.4 Å². The third-order valence-electron chi connectivity index (χ3n) is 15.2. The number of fused-ring (bicyclic) bond motifs is 6. The van der Waals surface area contributed by atoms with Crippen LogP contribution < -0.4 is 10.2 Å². The highest BCUT2D eigenvalue weighted by Gasteiger charge is 2.46. The molecule has 2 heterocycles. The highest BCUT2D eigenvalue weighted by molar-refractivity contribution is 7.94. The molecule has 0 aromatic heterocycles. The fourth-order valence-corrected chi connectivity index (χ4v) is 14.3. The van der Waals surface area contributed by atoms with E-state index >= 15 is 0 Å². The molecule has 2 aliphatic rings. The van der Waals surface area contributed by atoms with Crippen molar-refractivity contribution in [3.05, 3.63) is 179 Å². The van der Waals surface area contributed by atoms with Crippen LogP contribution in [0.15, 0.2) is 161 Å². The smallest absolute Gasteiger partial charge is 0.294 e. The van der Waals surface area contributed by atoms with E-state index in [1.807, 2.05) is 110 Å². The van der Waals surface area contributed by atoms with E-state index in [1.165, 1.54) is 23.5 Å². The van der Waals surface area contributed by atoms with E-state index in [-0.39, 0.29) is 47.5 Å². The third kappa shape index (κ3) is 13.2. The Hall–Kier alpha value is -6.04. The van der Waals surface area contributed by atoms with Crippen LogP contribution in [-0.2, 0) is 55.3 Å². The summed E-state index contributed by atoms with van der Waals surface area (Å²) >= 11 is 0.949. The molecule has 6 aromatic carbocycles. The van der Waals surface area contributed by atoms with Crippen LogP contribution >= 0.6 is 12.0 Å². The summed E-state index contributed by atoms with van der Waals surface area (Å²) in [5.41, 5.74) is 6.72. The molecule has 0 atom stereocenters. The zero-order chi connectivity index (χ0) is 57.6. The first-order valence-electron chi connectivity index (χ1n) is 26.4. The summed E-state index contributed by atoms with van der Waals surface area (Å²) in [6, 6.07) is 36.1. The molecule has 6 aromatic rings. The highest BCUT2D eigenvalue weighted by Crippen LogP contribution is 2.52. The predicted octanol–water partition coefficient (Wildman–Crippen LogP) is 11.2. The molecule has 0 aliphatic carbocycles. The summed E-state index contributed by atoms with van der Waals surface area (Å²) in [4.78, 5) is 15.0. The summed E-state index contributed by atoms with van der Waals surface area (Å²) in [7, 11) is -11.3. The van der Waals surface area contributed by atoms with E-state index in [0.717, 1.165) is 62.5 Å². The van der Waals surface area contributed by atoms with Crippen molar-refractivity contribution in [2.75, 3.05) is 49.6 Å². The molecule has 1 amide bonds. The van der Waals surface area contributed by atoms with Crippen LogP contribution in [0.5, 0.6) is 0 Å². The van der Waals surface area contributed by atoms with Crippen LogP contribution in [0.4, 0.5) is 11.4 Å². The molecule has 0 saturated heterocycles. The molecule has 4 N–H and O–H groups in total. The first-order valence-corrected chi connectivity index (χ1v) is 31.8. The summed E-state index contributed by atoms with van der Waals surface area (Å²) in [5.74, 6) is -0.0297. The Morgan fingerprint density at radius 2 is 1.46 bits per heavy atom. The standard InChI is InChI=1S/C60H68N4O12S4/c1-42-40-45(80(72,73)74)41-50-46(42)29-31-52-58(50)60(4,5)55(63(52)36-18-38-77-76-75-66)27-15-9-14-26-54-59(2,3)57-49-24-16-25-53(48(49)30-32-51(57)64(54)37-19-39-78(67,68)69)79(70,71)62(6)35-17-28-56(65)61-34-33-47(43-20-10-7-11-21-43)44-22-12-8-13-23-44/h7-16,20-27,29-32,40-41,47H,17-19,28,33-39H2,1-6H3,(H3-,61,65,66,67,68,69,72,73,74)/p+1. The second-order valence-electron chi connectivity index (χ2n) is 21.2. The Morgan fingerprint density at radius 1 is 0.775 bits per heavy atom. The number of carbonyl (C=O) groups is 1. The first kappa shape index (κ1) is 60.1. The van der Waals surface area contributed by atoms with Crippen LogP contribution in [0.25, 0.3) is 21.5 Å². The molecule has 424 valence electrons. The molecule has 16 nitrogen and oxygen atoms in total. The topological polar surface area (TPSA) is 220 Å². The maximum atomic E-state index is 14.5. The summed E-state index contributed by atoms with van der Waals surface area (Å²) < 4.78 is 106. The number of allylic oxidation sites excluding steroid dienone is 6. The number of sulfonamides is 1. The number of hydrogen-bond acceptors (Lipinski definition) is 12. The maximum Gasteiger partial charge on any atom is 0.294 e. The Morgan fingerprint density at radius 3 is 2.12 bits per heavy atom. The van der Waals surface area contributed by atoms with Gasteiger partial charge in [0.25, 0.3) is 20.2 Å². The molecular weight excluding hydrogens is 1100 g/mol. The second kappa shape index (κ2) is 25.0. The number of hydrogen-bond donors (Lipinski definition) is 4.